The minimum Gasteiger partial charge on any atom is -0.315 e. The van der Waals surface area contributed by atoms with Gasteiger partial charge in [-0.05, 0) is 37.3 Å². The van der Waals surface area contributed by atoms with Gasteiger partial charge in [0.2, 0.25) is 0 Å². The summed E-state index contributed by atoms with van der Waals surface area (Å²) in [5, 5.41) is 5.67. The summed E-state index contributed by atoms with van der Waals surface area (Å²) in [5.41, 5.74) is 0.353. The summed E-state index contributed by atoms with van der Waals surface area (Å²) >= 11 is 1.85. The lowest BCUT2D eigenvalue weighted by Gasteiger charge is -2.35. The highest BCUT2D eigenvalue weighted by atomic mass is 32.1. The van der Waals surface area contributed by atoms with Crippen LogP contribution in [-0.2, 0) is 6.42 Å². The molecule has 0 amide bonds. The van der Waals surface area contributed by atoms with Crippen molar-refractivity contribution in [3.8, 4) is 0 Å². The number of hydrogen-bond acceptors (Lipinski definition) is 3. The van der Waals surface area contributed by atoms with Crippen LogP contribution in [0.3, 0.4) is 0 Å². The summed E-state index contributed by atoms with van der Waals surface area (Å²) in [7, 11) is 2.22. The van der Waals surface area contributed by atoms with Gasteiger partial charge in [0.15, 0.2) is 0 Å². The Balaban J connectivity index is 2.10. The summed E-state index contributed by atoms with van der Waals surface area (Å²) in [6.07, 6.45) is 1.15. The predicted octanol–water partition coefficient (Wildman–Crippen LogP) is 3.25. The van der Waals surface area contributed by atoms with Crippen LogP contribution in [0.2, 0.25) is 0 Å². The van der Waals surface area contributed by atoms with Gasteiger partial charge in [0.1, 0.15) is 0 Å². The summed E-state index contributed by atoms with van der Waals surface area (Å²) in [6.45, 7) is 12.5. The van der Waals surface area contributed by atoms with E-state index in [0.717, 1.165) is 26.1 Å². The van der Waals surface area contributed by atoms with Crippen molar-refractivity contribution in [1.29, 1.82) is 0 Å². The highest BCUT2D eigenvalue weighted by Crippen LogP contribution is 2.22. The fourth-order valence-electron chi connectivity index (χ4n) is 1.90. The van der Waals surface area contributed by atoms with Gasteiger partial charge < -0.3 is 10.2 Å². The first kappa shape index (κ1) is 15.7. The molecule has 0 saturated carbocycles. The van der Waals surface area contributed by atoms with E-state index in [1.165, 1.54) is 4.88 Å². The Morgan fingerprint density at radius 2 is 2.06 bits per heavy atom. The number of nitrogens with zero attached hydrogens (tertiary/aromatic N) is 1. The van der Waals surface area contributed by atoms with Gasteiger partial charge in [-0.1, -0.05) is 26.8 Å². The van der Waals surface area contributed by atoms with Crippen LogP contribution in [0.25, 0.3) is 0 Å². The molecule has 1 rings (SSSR count). The second-order valence-electron chi connectivity index (χ2n) is 6.10. The van der Waals surface area contributed by atoms with Crippen LogP contribution in [-0.4, -0.2) is 37.6 Å². The molecule has 0 aromatic carbocycles. The standard InChI is InChI=1S/C15H28N2S/c1-13(15(2,3)4)17(5)11-10-16-9-8-14-7-6-12-18-14/h6-7,12-13,16H,8-11H2,1-5H3. The number of rotatable bonds is 7. The number of likely N-dealkylation sites (N-methyl/N-ethyl adjacent to an activating group) is 1. The van der Waals surface area contributed by atoms with Crippen molar-refractivity contribution in [1.82, 2.24) is 10.2 Å². The molecule has 0 saturated heterocycles. The first-order valence-corrected chi connectivity index (χ1v) is 7.72. The van der Waals surface area contributed by atoms with Crippen LogP contribution < -0.4 is 5.32 Å². The van der Waals surface area contributed by atoms with E-state index < -0.39 is 0 Å². The average Bonchev–Trinajstić information content (AvgIpc) is 2.79. The van der Waals surface area contributed by atoms with Crippen LogP contribution in [0.4, 0.5) is 0 Å². The Morgan fingerprint density at radius 3 is 2.61 bits per heavy atom. The minimum absolute atomic E-state index is 0.353. The van der Waals surface area contributed by atoms with Crippen molar-refractivity contribution < 1.29 is 0 Å². The monoisotopic (exact) mass is 268 g/mol. The third kappa shape index (κ3) is 5.51. The third-order valence-corrected chi connectivity index (χ3v) is 4.62. The molecule has 0 bridgehead atoms. The van der Waals surface area contributed by atoms with Crippen molar-refractivity contribution >= 4 is 11.3 Å². The second kappa shape index (κ2) is 7.27. The zero-order valence-corrected chi connectivity index (χ0v) is 13.3. The highest BCUT2D eigenvalue weighted by molar-refractivity contribution is 7.09. The molecule has 0 fully saturated rings. The molecule has 2 nitrogen and oxygen atoms in total. The fourth-order valence-corrected chi connectivity index (χ4v) is 2.61. The lowest BCUT2D eigenvalue weighted by Crippen LogP contribution is -2.42. The number of hydrogen-bond donors (Lipinski definition) is 1. The van der Waals surface area contributed by atoms with E-state index in [-0.39, 0.29) is 0 Å². The van der Waals surface area contributed by atoms with Crippen LogP contribution in [0, 0.1) is 5.41 Å². The molecule has 1 aromatic rings. The molecular weight excluding hydrogens is 240 g/mol. The zero-order valence-electron chi connectivity index (χ0n) is 12.5. The summed E-state index contributed by atoms with van der Waals surface area (Å²) in [5.74, 6) is 0. The summed E-state index contributed by atoms with van der Waals surface area (Å²) < 4.78 is 0. The summed E-state index contributed by atoms with van der Waals surface area (Å²) in [4.78, 5) is 3.91. The maximum atomic E-state index is 3.53. The van der Waals surface area contributed by atoms with Crippen LogP contribution >= 0.6 is 11.3 Å². The van der Waals surface area contributed by atoms with Gasteiger partial charge in [-0.25, -0.2) is 0 Å². The maximum Gasteiger partial charge on any atom is 0.0113 e. The average molecular weight is 268 g/mol. The Kier molecular flexibility index (Phi) is 6.33. The van der Waals surface area contributed by atoms with Gasteiger partial charge in [-0.2, -0.15) is 0 Å². The summed E-state index contributed by atoms with van der Waals surface area (Å²) in [6, 6.07) is 4.94. The van der Waals surface area contributed by atoms with E-state index in [0.29, 0.717) is 11.5 Å². The van der Waals surface area contributed by atoms with E-state index in [1.54, 1.807) is 0 Å². The normalized spacial score (nSPS) is 14.1. The predicted molar refractivity (Wildman–Crippen MR) is 82.4 cm³/mol. The van der Waals surface area contributed by atoms with E-state index in [4.69, 9.17) is 0 Å². The van der Waals surface area contributed by atoms with Gasteiger partial charge in [0.25, 0.3) is 0 Å². The van der Waals surface area contributed by atoms with Gasteiger partial charge in [-0.3, -0.25) is 0 Å². The molecular formula is C15H28N2S. The zero-order chi connectivity index (χ0) is 13.6. The molecule has 3 heteroatoms. The quantitative estimate of drug-likeness (QED) is 0.764. The van der Waals surface area contributed by atoms with Gasteiger partial charge in [0.05, 0.1) is 0 Å². The molecule has 0 aliphatic rings. The molecule has 1 heterocycles. The molecule has 1 unspecified atom stereocenters. The fraction of sp³-hybridized carbons (Fsp3) is 0.733. The SMILES string of the molecule is CC(N(C)CCNCCc1cccs1)C(C)(C)C. The van der Waals surface area contributed by atoms with Gasteiger partial charge in [0, 0.05) is 30.6 Å². The van der Waals surface area contributed by atoms with E-state index in [9.17, 15) is 0 Å². The largest absolute Gasteiger partial charge is 0.315 e. The highest BCUT2D eigenvalue weighted by Gasteiger charge is 2.23. The van der Waals surface area contributed by atoms with Gasteiger partial charge >= 0.3 is 0 Å². The van der Waals surface area contributed by atoms with Gasteiger partial charge in [-0.15, -0.1) is 11.3 Å². The molecule has 0 aliphatic heterocycles. The molecule has 1 N–H and O–H groups in total. The van der Waals surface area contributed by atoms with E-state index in [1.807, 2.05) is 11.3 Å². The maximum absolute atomic E-state index is 3.53. The van der Waals surface area contributed by atoms with Crippen molar-refractivity contribution in [3.05, 3.63) is 22.4 Å². The van der Waals surface area contributed by atoms with Crippen LogP contribution in [0.1, 0.15) is 32.6 Å². The Labute approximate surface area is 116 Å². The number of nitrogens with one attached hydrogen (secondary N) is 1. The van der Waals surface area contributed by atoms with E-state index in [2.05, 4.69) is 62.5 Å². The van der Waals surface area contributed by atoms with Crippen LogP contribution in [0.15, 0.2) is 17.5 Å². The lowest BCUT2D eigenvalue weighted by molar-refractivity contribution is 0.142. The lowest BCUT2D eigenvalue weighted by atomic mass is 9.87. The molecule has 0 spiro atoms. The van der Waals surface area contributed by atoms with Crippen molar-refractivity contribution in [2.45, 2.75) is 40.2 Å². The molecule has 18 heavy (non-hydrogen) atoms. The Hall–Kier alpha value is -0.380. The Morgan fingerprint density at radius 1 is 1.33 bits per heavy atom. The van der Waals surface area contributed by atoms with Crippen molar-refractivity contribution in [3.63, 3.8) is 0 Å². The van der Waals surface area contributed by atoms with Crippen molar-refractivity contribution in [2.75, 3.05) is 26.7 Å². The van der Waals surface area contributed by atoms with Crippen LogP contribution in [0.5, 0.6) is 0 Å². The van der Waals surface area contributed by atoms with E-state index >= 15 is 0 Å². The third-order valence-electron chi connectivity index (χ3n) is 3.68. The first-order chi connectivity index (χ1) is 8.41. The van der Waals surface area contributed by atoms with Crippen molar-refractivity contribution in [2.24, 2.45) is 5.41 Å². The second-order valence-corrected chi connectivity index (χ2v) is 7.13. The molecule has 1 aromatic heterocycles. The molecule has 0 radical (unpaired) electrons. The smallest absolute Gasteiger partial charge is 0.0113 e. The molecule has 0 aliphatic carbocycles. The number of thiophene rings is 1. The molecule has 1 atom stereocenters. The topological polar surface area (TPSA) is 15.3 Å². The minimum atomic E-state index is 0.353. The molecule has 104 valence electrons. The first-order valence-electron chi connectivity index (χ1n) is 6.84. The Bertz CT molecular complexity index is 314.